The molecule has 0 aromatic heterocycles. The lowest BCUT2D eigenvalue weighted by molar-refractivity contribution is 0.325. The maximum atomic E-state index is 3.34. The van der Waals surface area contributed by atoms with Crippen LogP contribution in [-0.4, -0.2) is 31.2 Å². The van der Waals surface area contributed by atoms with Gasteiger partial charge in [-0.15, -0.1) is 0 Å². The molecule has 66 valence electrons. The van der Waals surface area contributed by atoms with Gasteiger partial charge in [-0.05, 0) is 13.0 Å². The topological polar surface area (TPSA) is 15.3 Å². The van der Waals surface area contributed by atoms with Gasteiger partial charge in [0, 0.05) is 19.8 Å². The maximum absolute atomic E-state index is 3.34. The van der Waals surface area contributed by atoms with E-state index in [2.05, 4.69) is 17.1 Å². The van der Waals surface area contributed by atoms with Gasteiger partial charge in [0.15, 0.2) is 0 Å². The van der Waals surface area contributed by atoms with E-state index in [1.165, 1.54) is 45.3 Å². The molecule has 0 spiro atoms. The molecule has 0 aliphatic carbocycles. The number of nitrogens with one attached hydrogen (secondary N) is 1. The quantitative estimate of drug-likeness (QED) is 0.606. The lowest BCUT2D eigenvalue weighted by Gasteiger charge is -2.12. The molecule has 0 aromatic carbocycles. The summed E-state index contributed by atoms with van der Waals surface area (Å²) >= 11 is 0. The molecule has 1 aliphatic heterocycles. The molecule has 0 atom stereocenters. The molecule has 1 N–H and O–H groups in total. The standard InChI is InChI=1S/C9H20N2/c1-2-3-4-5-7-11-8-6-10-9-11/h10H,2-9H2,1H3. The lowest BCUT2D eigenvalue weighted by atomic mass is 10.2. The van der Waals surface area contributed by atoms with E-state index in [1.807, 2.05) is 0 Å². The molecule has 0 saturated carbocycles. The van der Waals surface area contributed by atoms with Crippen molar-refractivity contribution >= 4 is 0 Å². The minimum Gasteiger partial charge on any atom is -0.303 e. The maximum Gasteiger partial charge on any atom is 0.0481 e. The Labute approximate surface area is 70.0 Å². The van der Waals surface area contributed by atoms with E-state index in [0.717, 1.165) is 6.67 Å². The summed E-state index contributed by atoms with van der Waals surface area (Å²) in [6, 6.07) is 0. The zero-order valence-electron chi connectivity index (χ0n) is 7.60. The van der Waals surface area contributed by atoms with E-state index in [1.54, 1.807) is 0 Å². The summed E-state index contributed by atoms with van der Waals surface area (Å²) in [5.74, 6) is 0. The van der Waals surface area contributed by atoms with Crippen molar-refractivity contribution in [1.82, 2.24) is 10.2 Å². The largest absolute Gasteiger partial charge is 0.303 e. The highest BCUT2D eigenvalue weighted by Gasteiger charge is 2.08. The summed E-state index contributed by atoms with van der Waals surface area (Å²) in [5.41, 5.74) is 0. The van der Waals surface area contributed by atoms with Gasteiger partial charge in [0.05, 0.1) is 0 Å². The third-order valence-corrected chi connectivity index (χ3v) is 2.27. The summed E-state index contributed by atoms with van der Waals surface area (Å²) in [4.78, 5) is 2.50. The Kier molecular flexibility index (Phi) is 4.55. The van der Waals surface area contributed by atoms with Gasteiger partial charge in [-0.25, -0.2) is 0 Å². The average molecular weight is 156 g/mol. The highest BCUT2D eigenvalue weighted by molar-refractivity contribution is 4.65. The van der Waals surface area contributed by atoms with Crippen molar-refractivity contribution in [1.29, 1.82) is 0 Å². The van der Waals surface area contributed by atoms with Crippen LogP contribution in [0.15, 0.2) is 0 Å². The molecule has 11 heavy (non-hydrogen) atoms. The van der Waals surface area contributed by atoms with Crippen molar-refractivity contribution in [2.24, 2.45) is 0 Å². The highest BCUT2D eigenvalue weighted by Crippen LogP contribution is 2.01. The van der Waals surface area contributed by atoms with Crippen LogP contribution in [0.25, 0.3) is 0 Å². The lowest BCUT2D eigenvalue weighted by Crippen LogP contribution is -2.22. The van der Waals surface area contributed by atoms with Crippen LogP contribution in [0.1, 0.15) is 32.6 Å². The van der Waals surface area contributed by atoms with Crippen LogP contribution in [0, 0.1) is 0 Å². The van der Waals surface area contributed by atoms with E-state index in [-0.39, 0.29) is 0 Å². The summed E-state index contributed by atoms with van der Waals surface area (Å²) in [7, 11) is 0. The fraction of sp³-hybridized carbons (Fsp3) is 1.00. The SMILES string of the molecule is CCCCCCN1CCNC1. The molecule has 1 heterocycles. The molecular formula is C9H20N2. The first-order chi connectivity index (χ1) is 5.43. The van der Waals surface area contributed by atoms with Gasteiger partial charge in [-0.1, -0.05) is 26.2 Å². The molecular weight excluding hydrogens is 136 g/mol. The average Bonchev–Trinajstić information content (AvgIpc) is 2.50. The molecule has 2 nitrogen and oxygen atoms in total. The molecule has 1 aliphatic rings. The first-order valence-electron chi connectivity index (χ1n) is 4.86. The van der Waals surface area contributed by atoms with Crippen molar-refractivity contribution in [3.05, 3.63) is 0 Å². The predicted octanol–water partition coefficient (Wildman–Crippen LogP) is 1.43. The van der Waals surface area contributed by atoms with Gasteiger partial charge < -0.3 is 5.32 Å². The fourth-order valence-electron chi connectivity index (χ4n) is 1.51. The number of nitrogens with zero attached hydrogens (tertiary/aromatic N) is 1. The van der Waals surface area contributed by atoms with Crippen molar-refractivity contribution in [2.45, 2.75) is 32.6 Å². The molecule has 1 fully saturated rings. The van der Waals surface area contributed by atoms with Crippen LogP contribution in [0.2, 0.25) is 0 Å². The summed E-state index contributed by atoms with van der Waals surface area (Å²) in [6.45, 7) is 7.12. The Balaban J connectivity index is 1.86. The first kappa shape index (κ1) is 9.01. The second-order valence-electron chi connectivity index (χ2n) is 3.34. The predicted molar refractivity (Wildman–Crippen MR) is 48.6 cm³/mol. The van der Waals surface area contributed by atoms with Crippen molar-refractivity contribution in [2.75, 3.05) is 26.3 Å². The Bertz CT molecular complexity index is 87.6. The monoisotopic (exact) mass is 156 g/mol. The van der Waals surface area contributed by atoms with Gasteiger partial charge in [-0.3, -0.25) is 4.90 Å². The number of rotatable bonds is 5. The number of hydrogen-bond donors (Lipinski definition) is 1. The molecule has 0 bridgehead atoms. The summed E-state index contributed by atoms with van der Waals surface area (Å²) < 4.78 is 0. The van der Waals surface area contributed by atoms with Gasteiger partial charge in [0.1, 0.15) is 0 Å². The Morgan fingerprint density at radius 1 is 1.27 bits per heavy atom. The smallest absolute Gasteiger partial charge is 0.0481 e. The molecule has 2 heteroatoms. The van der Waals surface area contributed by atoms with Gasteiger partial charge in [-0.2, -0.15) is 0 Å². The van der Waals surface area contributed by atoms with Crippen molar-refractivity contribution in [3.8, 4) is 0 Å². The van der Waals surface area contributed by atoms with Crippen LogP contribution in [0.4, 0.5) is 0 Å². The number of hydrogen-bond acceptors (Lipinski definition) is 2. The van der Waals surface area contributed by atoms with E-state index < -0.39 is 0 Å². The van der Waals surface area contributed by atoms with Crippen LogP contribution in [0.3, 0.4) is 0 Å². The molecule has 0 unspecified atom stereocenters. The molecule has 0 radical (unpaired) electrons. The van der Waals surface area contributed by atoms with E-state index in [4.69, 9.17) is 0 Å². The second-order valence-corrected chi connectivity index (χ2v) is 3.34. The first-order valence-corrected chi connectivity index (χ1v) is 4.86. The van der Waals surface area contributed by atoms with E-state index >= 15 is 0 Å². The minimum atomic E-state index is 1.12. The zero-order chi connectivity index (χ0) is 7.94. The Morgan fingerprint density at radius 2 is 2.18 bits per heavy atom. The molecule has 1 rings (SSSR count). The van der Waals surface area contributed by atoms with Gasteiger partial charge in [0.2, 0.25) is 0 Å². The highest BCUT2D eigenvalue weighted by atomic mass is 15.3. The fourth-order valence-corrected chi connectivity index (χ4v) is 1.51. The number of unbranched alkanes of at least 4 members (excludes halogenated alkanes) is 3. The minimum absolute atomic E-state index is 1.12. The van der Waals surface area contributed by atoms with E-state index in [9.17, 15) is 0 Å². The molecule has 0 aromatic rings. The van der Waals surface area contributed by atoms with Crippen LogP contribution in [-0.2, 0) is 0 Å². The normalized spacial score (nSPS) is 19.4. The molecule has 1 saturated heterocycles. The second kappa shape index (κ2) is 5.56. The zero-order valence-corrected chi connectivity index (χ0v) is 7.60. The Morgan fingerprint density at radius 3 is 2.82 bits per heavy atom. The third-order valence-electron chi connectivity index (χ3n) is 2.27. The van der Waals surface area contributed by atoms with Gasteiger partial charge >= 0.3 is 0 Å². The van der Waals surface area contributed by atoms with Gasteiger partial charge in [0.25, 0.3) is 0 Å². The van der Waals surface area contributed by atoms with Crippen LogP contribution >= 0.6 is 0 Å². The van der Waals surface area contributed by atoms with Crippen LogP contribution < -0.4 is 5.32 Å². The Hall–Kier alpha value is -0.0800. The van der Waals surface area contributed by atoms with Crippen molar-refractivity contribution < 1.29 is 0 Å². The van der Waals surface area contributed by atoms with Crippen molar-refractivity contribution in [3.63, 3.8) is 0 Å². The molecule has 0 amide bonds. The van der Waals surface area contributed by atoms with E-state index in [0.29, 0.717) is 0 Å². The summed E-state index contributed by atoms with van der Waals surface area (Å²) in [6.07, 6.45) is 5.54. The summed E-state index contributed by atoms with van der Waals surface area (Å²) in [5, 5.41) is 3.34. The third kappa shape index (κ3) is 3.73. The van der Waals surface area contributed by atoms with Crippen LogP contribution in [0.5, 0.6) is 0 Å².